The minimum atomic E-state index is -0.940. The molecule has 26 heavy (non-hydrogen) atoms. The molecule has 0 radical (unpaired) electrons. The van der Waals surface area contributed by atoms with E-state index in [1.54, 1.807) is 47.4 Å². The Kier molecular flexibility index (Phi) is 5.16. The minimum absolute atomic E-state index is 0.122. The van der Waals surface area contributed by atoms with Crippen molar-refractivity contribution >= 4 is 17.8 Å². The lowest BCUT2D eigenvalue weighted by Gasteiger charge is -2.28. The maximum atomic E-state index is 12.7. The highest BCUT2D eigenvalue weighted by Crippen LogP contribution is 2.28. The van der Waals surface area contributed by atoms with Gasteiger partial charge in [-0.15, -0.1) is 0 Å². The Labute approximate surface area is 151 Å². The number of fused-ring (bicyclic) bond motifs is 1. The van der Waals surface area contributed by atoms with Crippen molar-refractivity contribution in [1.82, 2.24) is 14.7 Å². The van der Waals surface area contributed by atoms with Crippen LogP contribution in [-0.2, 0) is 16.1 Å². The third kappa shape index (κ3) is 3.24. The van der Waals surface area contributed by atoms with Crippen LogP contribution in [0.15, 0.2) is 42.7 Å². The summed E-state index contributed by atoms with van der Waals surface area (Å²) in [7, 11) is 0. The van der Waals surface area contributed by atoms with Crippen molar-refractivity contribution in [2.24, 2.45) is 5.92 Å². The lowest BCUT2D eigenvalue weighted by molar-refractivity contribution is -0.150. The Hall–Kier alpha value is -2.96. The van der Waals surface area contributed by atoms with Gasteiger partial charge in [-0.1, -0.05) is 32.4 Å². The van der Waals surface area contributed by atoms with Crippen LogP contribution in [0.3, 0.4) is 0 Å². The van der Waals surface area contributed by atoms with Gasteiger partial charge in [0.2, 0.25) is 0 Å². The van der Waals surface area contributed by atoms with Crippen LogP contribution in [0, 0.1) is 5.92 Å². The summed E-state index contributed by atoms with van der Waals surface area (Å²) in [6.07, 6.45) is 4.04. The summed E-state index contributed by atoms with van der Waals surface area (Å²) >= 11 is 0. The van der Waals surface area contributed by atoms with E-state index in [-0.39, 0.29) is 12.5 Å². The van der Waals surface area contributed by atoms with E-state index >= 15 is 0 Å². The second kappa shape index (κ2) is 7.51. The average molecular weight is 355 g/mol. The lowest BCUT2D eigenvalue weighted by atomic mass is 9.97. The zero-order valence-electron chi connectivity index (χ0n) is 14.8. The minimum Gasteiger partial charge on any atom is -0.462 e. The Balaban J connectivity index is 1.77. The first kappa shape index (κ1) is 17.8. The molecule has 0 spiro atoms. The van der Waals surface area contributed by atoms with Crippen molar-refractivity contribution < 1.29 is 19.1 Å². The van der Waals surface area contributed by atoms with Crippen LogP contribution in [0.2, 0.25) is 0 Å². The lowest BCUT2D eigenvalue weighted by Crippen LogP contribution is -2.49. The SMILES string of the molecule is CC[C@H](C)[C@@H](C(=O)OCCn1cccn1)N1C(=O)c2ccccc2C1=O. The van der Waals surface area contributed by atoms with Gasteiger partial charge in [0, 0.05) is 12.4 Å². The highest BCUT2D eigenvalue weighted by Gasteiger charge is 2.45. The third-order valence-corrected chi connectivity index (χ3v) is 4.65. The van der Waals surface area contributed by atoms with Gasteiger partial charge in [0.25, 0.3) is 11.8 Å². The molecule has 0 fully saturated rings. The Morgan fingerprint density at radius 1 is 1.15 bits per heavy atom. The summed E-state index contributed by atoms with van der Waals surface area (Å²) in [6, 6.07) is 7.45. The van der Waals surface area contributed by atoms with Gasteiger partial charge in [-0.2, -0.15) is 5.10 Å². The van der Waals surface area contributed by atoms with Crippen molar-refractivity contribution in [3.8, 4) is 0 Å². The number of nitrogens with zero attached hydrogens (tertiary/aromatic N) is 3. The molecule has 7 heteroatoms. The molecule has 3 rings (SSSR count). The molecule has 136 valence electrons. The average Bonchev–Trinajstić information content (AvgIpc) is 3.25. The van der Waals surface area contributed by atoms with Crippen molar-refractivity contribution in [3.63, 3.8) is 0 Å². The normalized spacial score (nSPS) is 15.7. The molecule has 0 N–H and O–H groups in total. The largest absolute Gasteiger partial charge is 0.462 e. The molecule has 1 aliphatic rings. The summed E-state index contributed by atoms with van der Waals surface area (Å²) in [6.45, 7) is 4.28. The van der Waals surface area contributed by atoms with Crippen LogP contribution in [0.1, 0.15) is 41.0 Å². The molecule has 2 heterocycles. The molecule has 2 amide bonds. The molecule has 0 saturated heterocycles. The van der Waals surface area contributed by atoms with E-state index in [0.29, 0.717) is 24.1 Å². The topological polar surface area (TPSA) is 81.5 Å². The van der Waals surface area contributed by atoms with E-state index in [0.717, 1.165) is 4.90 Å². The van der Waals surface area contributed by atoms with Gasteiger partial charge in [0.1, 0.15) is 12.6 Å². The molecule has 0 saturated carbocycles. The third-order valence-electron chi connectivity index (χ3n) is 4.65. The number of imide groups is 1. The van der Waals surface area contributed by atoms with Crippen molar-refractivity contribution in [2.45, 2.75) is 32.9 Å². The van der Waals surface area contributed by atoms with Crippen LogP contribution < -0.4 is 0 Å². The van der Waals surface area contributed by atoms with Gasteiger partial charge in [-0.25, -0.2) is 4.79 Å². The quantitative estimate of drug-likeness (QED) is 0.561. The summed E-state index contributed by atoms with van der Waals surface area (Å²) in [5.74, 6) is -1.67. The maximum absolute atomic E-state index is 12.7. The summed E-state index contributed by atoms with van der Waals surface area (Å²) in [5.41, 5.74) is 0.658. The Bertz CT molecular complexity index is 781. The first-order valence-electron chi connectivity index (χ1n) is 8.65. The van der Waals surface area contributed by atoms with Gasteiger partial charge < -0.3 is 4.74 Å². The second-order valence-corrected chi connectivity index (χ2v) is 6.29. The van der Waals surface area contributed by atoms with E-state index < -0.39 is 23.8 Å². The number of aromatic nitrogens is 2. The summed E-state index contributed by atoms with van der Waals surface area (Å²) in [5, 5.41) is 4.04. The van der Waals surface area contributed by atoms with Gasteiger partial charge in [0.05, 0.1) is 17.7 Å². The van der Waals surface area contributed by atoms with Crippen LogP contribution in [0.5, 0.6) is 0 Å². The monoisotopic (exact) mass is 355 g/mol. The van der Waals surface area contributed by atoms with Crippen molar-refractivity contribution in [2.75, 3.05) is 6.61 Å². The van der Waals surface area contributed by atoms with Crippen LogP contribution in [0.25, 0.3) is 0 Å². The molecule has 2 aromatic rings. The zero-order valence-corrected chi connectivity index (χ0v) is 14.8. The number of hydrogen-bond donors (Lipinski definition) is 0. The highest BCUT2D eigenvalue weighted by atomic mass is 16.5. The van der Waals surface area contributed by atoms with Crippen molar-refractivity contribution in [1.29, 1.82) is 0 Å². The number of ether oxygens (including phenoxy) is 1. The molecule has 1 aromatic carbocycles. The fourth-order valence-electron chi connectivity index (χ4n) is 3.03. The zero-order chi connectivity index (χ0) is 18.7. The van der Waals surface area contributed by atoms with Gasteiger partial charge >= 0.3 is 5.97 Å². The summed E-state index contributed by atoms with van der Waals surface area (Å²) in [4.78, 5) is 39.2. The second-order valence-electron chi connectivity index (χ2n) is 6.29. The number of hydrogen-bond acceptors (Lipinski definition) is 5. The number of esters is 1. The van der Waals surface area contributed by atoms with E-state index in [9.17, 15) is 14.4 Å². The molecule has 1 aliphatic heterocycles. The fraction of sp³-hybridized carbons (Fsp3) is 0.368. The molecule has 2 atom stereocenters. The molecule has 7 nitrogen and oxygen atoms in total. The number of carbonyl (C=O) groups excluding carboxylic acids is 3. The van der Waals surface area contributed by atoms with Crippen molar-refractivity contribution in [3.05, 3.63) is 53.9 Å². The number of rotatable bonds is 7. The molecule has 0 aliphatic carbocycles. The first-order chi connectivity index (χ1) is 12.5. The van der Waals surface area contributed by atoms with Crippen LogP contribution >= 0.6 is 0 Å². The smallest absolute Gasteiger partial charge is 0.329 e. The Morgan fingerprint density at radius 2 is 1.81 bits per heavy atom. The fourth-order valence-corrected chi connectivity index (χ4v) is 3.03. The number of carbonyl (C=O) groups is 3. The van der Waals surface area contributed by atoms with Gasteiger partial charge in [-0.05, 0) is 24.1 Å². The molecular weight excluding hydrogens is 334 g/mol. The number of amides is 2. The molecule has 0 bridgehead atoms. The first-order valence-corrected chi connectivity index (χ1v) is 8.65. The van der Waals surface area contributed by atoms with E-state index in [1.807, 2.05) is 13.8 Å². The van der Waals surface area contributed by atoms with E-state index in [2.05, 4.69) is 5.10 Å². The predicted octanol–water partition coefficient (Wildman–Crippen LogP) is 2.14. The van der Waals surface area contributed by atoms with E-state index in [1.165, 1.54) is 0 Å². The van der Waals surface area contributed by atoms with Crippen LogP contribution in [0.4, 0.5) is 0 Å². The molecular formula is C19H21N3O4. The number of benzene rings is 1. The summed E-state index contributed by atoms with van der Waals surface area (Å²) < 4.78 is 7.01. The highest BCUT2D eigenvalue weighted by molar-refractivity contribution is 6.22. The molecule has 0 unspecified atom stereocenters. The maximum Gasteiger partial charge on any atom is 0.329 e. The van der Waals surface area contributed by atoms with Gasteiger partial charge in [0.15, 0.2) is 0 Å². The Morgan fingerprint density at radius 3 is 2.35 bits per heavy atom. The molecule has 1 aromatic heterocycles. The van der Waals surface area contributed by atoms with Gasteiger partial charge in [-0.3, -0.25) is 19.2 Å². The predicted molar refractivity (Wildman–Crippen MR) is 93.4 cm³/mol. The van der Waals surface area contributed by atoms with E-state index in [4.69, 9.17) is 4.74 Å². The standard InChI is InChI=1S/C19H21N3O4/c1-3-13(2)16(19(25)26-12-11-21-10-6-9-20-21)22-17(23)14-7-4-5-8-15(14)18(22)24/h4-10,13,16H,3,11-12H2,1-2H3/t13-,16-/m0/s1. The van der Waals surface area contributed by atoms with Crippen LogP contribution in [-0.4, -0.2) is 45.1 Å².